The molecule has 0 saturated carbocycles. The largest absolute Gasteiger partial charge is 0.460 e. The van der Waals surface area contributed by atoms with Crippen molar-refractivity contribution in [2.24, 2.45) is 0 Å². The molecular formula is C24H33N3O5. The lowest BCUT2D eigenvalue weighted by atomic mass is 10.1. The van der Waals surface area contributed by atoms with Crippen LogP contribution in [0.15, 0.2) is 24.3 Å². The van der Waals surface area contributed by atoms with E-state index in [1.54, 1.807) is 21.0 Å². The Labute approximate surface area is 189 Å². The highest BCUT2D eigenvalue weighted by Gasteiger charge is 2.23. The van der Waals surface area contributed by atoms with Crippen molar-refractivity contribution in [3.8, 4) is 0 Å². The zero-order chi connectivity index (χ0) is 23.1. The van der Waals surface area contributed by atoms with Gasteiger partial charge in [0.2, 0.25) is 0 Å². The molecule has 2 N–H and O–H groups in total. The quantitative estimate of drug-likeness (QED) is 0.457. The van der Waals surface area contributed by atoms with Gasteiger partial charge in [-0.15, -0.1) is 0 Å². The molecule has 0 bridgehead atoms. The molecule has 1 amide bonds. The Hall–Kier alpha value is -2.68. The van der Waals surface area contributed by atoms with Crippen LogP contribution >= 0.6 is 0 Å². The number of carbonyl (C=O) groups is 2. The van der Waals surface area contributed by atoms with Crippen molar-refractivity contribution < 1.29 is 23.8 Å². The van der Waals surface area contributed by atoms with Gasteiger partial charge in [-0.3, -0.25) is 9.69 Å². The van der Waals surface area contributed by atoms with Gasteiger partial charge >= 0.3 is 5.97 Å². The van der Waals surface area contributed by atoms with Crippen LogP contribution in [0.25, 0.3) is 0 Å². The number of rotatable bonds is 9. The average Bonchev–Trinajstić information content (AvgIpc) is 3.06. The molecule has 1 atom stereocenters. The highest BCUT2D eigenvalue weighted by Crippen LogP contribution is 2.19. The summed E-state index contributed by atoms with van der Waals surface area (Å²) in [7, 11) is 1.54. The van der Waals surface area contributed by atoms with Crippen LogP contribution in [-0.4, -0.2) is 67.9 Å². The number of morpholine rings is 1. The number of aromatic nitrogens is 1. The summed E-state index contributed by atoms with van der Waals surface area (Å²) in [6.07, 6.45) is 0.251. The van der Waals surface area contributed by atoms with Crippen LogP contribution in [-0.2, 0) is 27.3 Å². The first-order valence-corrected chi connectivity index (χ1v) is 10.9. The van der Waals surface area contributed by atoms with E-state index in [1.165, 1.54) is 5.56 Å². The maximum Gasteiger partial charge on any atom is 0.340 e. The Morgan fingerprint density at radius 3 is 2.78 bits per heavy atom. The fourth-order valence-corrected chi connectivity index (χ4v) is 3.97. The van der Waals surface area contributed by atoms with Gasteiger partial charge in [0.15, 0.2) is 0 Å². The molecule has 1 fully saturated rings. The molecule has 2 heterocycles. The Morgan fingerprint density at radius 1 is 1.25 bits per heavy atom. The SMILES string of the molecule is COCCOC(=O)c1c(C)[nH]c(C(=O)NCc2cccc(CN3CCOC(C)C3)c2)c1C. The summed E-state index contributed by atoms with van der Waals surface area (Å²) in [5.74, 6) is -0.716. The minimum Gasteiger partial charge on any atom is -0.460 e. The molecule has 8 nitrogen and oxygen atoms in total. The summed E-state index contributed by atoms with van der Waals surface area (Å²) in [5.41, 5.74) is 4.19. The van der Waals surface area contributed by atoms with E-state index in [4.69, 9.17) is 14.2 Å². The fourth-order valence-electron chi connectivity index (χ4n) is 3.97. The number of nitrogens with zero attached hydrogens (tertiary/aromatic N) is 1. The number of hydrogen-bond donors (Lipinski definition) is 2. The van der Waals surface area contributed by atoms with E-state index in [9.17, 15) is 9.59 Å². The third-order valence-corrected chi connectivity index (χ3v) is 5.57. The molecule has 1 saturated heterocycles. The van der Waals surface area contributed by atoms with Crippen LogP contribution in [0.5, 0.6) is 0 Å². The summed E-state index contributed by atoms with van der Waals surface area (Å²) < 4.78 is 15.7. The monoisotopic (exact) mass is 443 g/mol. The predicted octanol–water partition coefficient (Wildman–Crippen LogP) is 2.59. The number of benzene rings is 1. The molecule has 0 spiro atoms. The number of esters is 1. The van der Waals surface area contributed by atoms with Crippen molar-refractivity contribution in [2.75, 3.05) is 40.0 Å². The molecule has 174 valence electrons. The van der Waals surface area contributed by atoms with Gasteiger partial charge < -0.3 is 24.5 Å². The van der Waals surface area contributed by atoms with Crippen LogP contribution in [0.4, 0.5) is 0 Å². The van der Waals surface area contributed by atoms with Gasteiger partial charge in [0.25, 0.3) is 5.91 Å². The average molecular weight is 444 g/mol. The summed E-state index contributed by atoms with van der Waals surface area (Å²) >= 11 is 0. The van der Waals surface area contributed by atoms with Crippen LogP contribution in [0.1, 0.15) is 50.2 Å². The number of methoxy groups -OCH3 is 1. The number of carbonyl (C=O) groups excluding carboxylic acids is 2. The molecule has 1 unspecified atom stereocenters. The van der Waals surface area contributed by atoms with Crippen molar-refractivity contribution >= 4 is 11.9 Å². The van der Waals surface area contributed by atoms with E-state index in [-0.39, 0.29) is 18.6 Å². The number of ether oxygens (including phenoxy) is 3. The van der Waals surface area contributed by atoms with E-state index >= 15 is 0 Å². The Kier molecular flexibility index (Phi) is 8.44. The van der Waals surface area contributed by atoms with Crippen LogP contribution in [0, 0.1) is 13.8 Å². The molecule has 0 aliphatic carbocycles. The lowest BCUT2D eigenvalue weighted by molar-refractivity contribution is -0.0212. The van der Waals surface area contributed by atoms with E-state index in [0.29, 0.717) is 35.7 Å². The number of hydrogen-bond acceptors (Lipinski definition) is 6. The molecule has 8 heteroatoms. The first kappa shape index (κ1) is 24.0. The van der Waals surface area contributed by atoms with Crippen molar-refractivity contribution in [2.45, 2.75) is 40.0 Å². The third kappa shape index (κ3) is 6.18. The summed E-state index contributed by atoms with van der Waals surface area (Å²) in [6, 6.07) is 8.23. The van der Waals surface area contributed by atoms with Gasteiger partial charge in [-0.2, -0.15) is 0 Å². The van der Waals surface area contributed by atoms with Crippen LogP contribution in [0.3, 0.4) is 0 Å². The van der Waals surface area contributed by atoms with Crippen LogP contribution in [0.2, 0.25) is 0 Å². The first-order valence-electron chi connectivity index (χ1n) is 10.9. The van der Waals surface area contributed by atoms with Gasteiger partial charge in [0.1, 0.15) is 12.3 Å². The molecular weight excluding hydrogens is 410 g/mol. The second-order valence-electron chi connectivity index (χ2n) is 8.17. The number of nitrogens with one attached hydrogen (secondary N) is 2. The molecule has 3 rings (SSSR count). The maximum absolute atomic E-state index is 12.8. The van der Waals surface area contributed by atoms with E-state index in [2.05, 4.69) is 34.3 Å². The Morgan fingerprint density at radius 2 is 2.03 bits per heavy atom. The Balaban J connectivity index is 1.60. The number of aryl methyl sites for hydroxylation is 1. The third-order valence-electron chi connectivity index (χ3n) is 5.57. The van der Waals surface area contributed by atoms with Crippen molar-refractivity contribution in [1.29, 1.82) is 0 Å². The number of amides is 1. The lowest BCUT2D eigenvalue weighted by Gasteiger charge is -2.31. The maximum atomic E-state index is 12.8. The molecule has 1 aromatic carbocycles. The van der Waals surface area contributed by atoms with E-state index in [1.807, 2.05) is 12.1 Å². The second-order valence-corrected chi connectivity index (χ2v) is 8.17. The lowest BCUT2D eigenvalue weighted by Crippen LogP contribution is -2.40. The summed E-state index contributed by atoms with van der Waals surface area (Å²) in [5, 5.41) is 2.95. The minimum atomic E-state index is -0.461. The van der Waals surface area contributed by atoms with Gasteiger partial charge in [0, 0.05) is 39.0 Å². The molecule has 2 aromatic rings. The zero-order valence-electron chi connectivity index (χ0n) is 19.3. The smallest absolute Gasteiger partial charge is 0.340 e. The van der Waals surface area contributed by atoms with Crippen molar-refractivity contribution in [3.63, 3.8) is 0 Å². The molecule has 1 aliphatic heterocycles. The number of H-pyrrole nitrogens is 1. The molecule has 32 heavy (non-hydrogen) atoms. The fraction of sp³-hybridized carbons (Fsp3) is 0.500. The summed E-state index contributed by atoms with van der Waals surface area (Å²) in [6.45, 7) is 9.95. The molecule has 1 aliphatic rings. The minimum absolute atomic E-state index is 0.167. The zero-order valence-corrected chi connectivity index (χ0v) is 19.3. The second kappa shape index (κ2) is 11.3. The van der Waals surface area contributed by atoms with Gasteiger partial charge in [-0.25, -0.2) is 4.79 Å². The van der Waals surface area contributed by atoms with Crippen molar-refractivity contribution in [3.05, 3.63) is 57.9 Å². The normalized spacial score (nSPS) is 16.7. The predicted molar refractivity (Wildman–Crippen MR) is 121 cm³/mol. The first-order chi connectivity index (χ1) is 15.4. The highest BCUT2D eigenvalue weighted by atomic mass is 16.6. The van der Waals surface area contributed by atoms with Crippen LogP contribution < -0.4 is 5.32 Å². The van der Waals surface area contributed by atoms with E-state index < -0.39 is 5.97 Å². The highest BCUT2D eigenvalue weighted by molar-refractivity contribution is 6.00. The van der Waals surface area contributed by atoms with Gasteiger partial charge in [-0.1, -0.05) is 24.3 Å². The summed E-state index contributed by atoms with van der Waals surface area (Å²) in [4.78, 5) is 30.6. The van der Waals surface area contributed by atoms with E-state index in [0.717, 1.165) is 31.8 Å². The van der Waals surface area contributed by atoms with Gasteiger partial charge in [-0.05, 0) is 37.5 Å². The molecule has 0 radical (unpaired) electrons. The topological polar surface area (TPSA) is 92.9 Å². The standard InChI is InChI=1S/C24H33N3O5/c1-16-14-27(8-9-31-16)15-20-7-5-6-19(12-20)13-25-23(28)22-17(2)21(18(3)26-22)24(29)32-11-10-30-4/h5-7,12,16,26H,8-11,13-15H2,1-4H3,(H,25,28). The molecule has 1 aromatic heterocycles. The Bertz CT molecular complexity index is 940. The van der Waals surface area contributed by atoms with Crippen molar-refractivity contribution in [1.82, 2.24) is 15.2 Å². The number of aromatic amines is 1. The van der Waals surface area contributed by atoms with Gasteiger partial charge in [0.05, 0.1) is 24.9 Å².